The molecule has 1 fully saturated rings. The molecule has 1 N–H and O–H groups in total. The maximum Gasteiger partial charge on any atom is 0.269 e. The molecule has 2 aliphatic heterocycles. The fourth-order valence-electron chi connectivity index (χ4n) is 3.23. The average molecular weight is 327 g/mol. The van der Waals surface area contributed by atoms with E-state index in [-0.39, 0.29) is 17.4 Å². The smallest absolute Gasteiger partial charge is 0.269 e. The van der Waals surface area contributed by atoms with Crippen molar-refractivity contribution in [3.8, 4) is 5.75 Å². The van der Waals surface area contributed by atoms with Crippen LogP contribution in [0.15, 0.2) is 18.2 Å². The van der Waals surface area contributed by atoms with E-state index in [0.717, 1.165) is 24.4 Å². The molecule has 0 amide bonds. The van der Waals surface area contributed by atoms with Crippen molar-refractivity contribution in [1.29, 1.82) is 0 Å². The Labute approximate surface area is 130 Å². The first kappa shape index (κ1) is 15.7. The van der Waals surface area contributed by atoms with Gasteiger partial charge in [0.25, 0.3) is 10.1 Å². The summed E-state index contributed by atoms with van der Waals surface area (Å²) in [5, 5.41) is 0. The van der Waals surface area contributed by atoms with Crippen LogP contribution in [-0.4, -0.2) is 50.4 Å². The van der Waals surface area contributed by atoms with Gasteiger partial charge in [-0.2, -0.15) is 8.42 Å². The Hall–Kier alpha value is -1.15. The van der Waals surface area contributed by atoms with E-state index in [2.05, 4.69) is 18.7 Å². The second-order valence-corrected chi connectivity index (χ2v) is 7.85. The van der Waals surface area contributed by atoms with Gasteiger partial charge in [-0.05, 0) is 11.6 Å². The second-order valence-electron chi connectivity index (χ2n) is 6.40. The first-order valence-corrected chi connectivity index (χ1v) is 8.95. The summed E-state index contributed by atoms with van der Waals surface area (Å²) in [5.41, 5.74) is 1.28. The third kappa shape index (κ3) is 2.99. The van der Waals surface area contributed by atoms with Gasteiger partial charge in [0.05, 0.1) is 13.2 Å². The lowest BCUT2D eigenvalue weighted by molar-refractivity contribution is -0.0612. The number of benzene rings is 1. The van der Waals surface area contributed by atoms with Crippen LogP contribution in [0.2, 0.25) is 0 Å². The van der Waals surface area contributed by atoms with Crippen LogP contribution in [0, 0.1) is 0 Å². The molecule has 1 aromatic carbocycles. The molecular formula is C15H21NO5S. The minimum absolute atomic E-state index is 0.0904. The molecule has 0 spiro atoms. The van der Waals surface area contributed by atoms with Crippen molar-refractivity contribution < 1.29 is 22.4 Å². The van der Waals surface area contributed by atoms with Crippen LogP contribution >= 0.6 is 0 Å². The lowest BCUT2D eigenvalue weighted by Gasteiger charge is -2.38. The Balaban J connectivity index is 1.89. The molecule has 2 heterocycles. The first-order valence-electron chi connectivity index (χ1n) is 7.34. The molecule has 1 unspecified atom stereocenters. The number of fused-ring (bicyclic) bond motifs is 1. The van der Waals surface area contributed by atoms with E-state index in [9.17, 15) is 8.42 Å². The van der Waals surface area contributed by atoms with Crippen LogP contribution in [0.5, 0.6) is 5.75 Å². The molecule has 122 valence electrons. The molecule has 1 atom stereocenters. The molecule has 0 bridgehead atoms. The van der Waals surface area contributed by atoms with E-state index in [1.807, 2.05) is 6.07 Å². The molecule has 0 aromatic heterocycles. The summed E-state index contributed by atoms with van der Waals surface area (Å²) in [4.78, 5) is 2.26. The Morgan fingerprint density at radius 2 is 2.00 bits per heavy atom. The highest BCUT2D eigenvalue weighted by Gasteiger charge is 2.45. The van der Waals surface area contributed by atoms with Crippen molar-refractivity contribution in [3.63, 3.8) is 0 Å². The SMILES string of the molecule is CC1(C)c2cc(CS(=O)(=O)O)ccc2OC1N1CCOCC1. The molecule has 1 aromatic rings. The number of hydrogen-bond donors (Lipinski definition) is 1. The average Bonchev–Trinajstić information content (AvgIpc) is 2.70. The van der Waals surface area contributed by atoms with Crippen molar-refractivity contribution in [2.24, 2.45) is 0 Å². The van der Waals surface area contributed by atoms with Crippen molar-refractivity contribution in [2.45, 2.75) is 31.2 Å². The Kier molecular flexibility index (Phi) is 3.92. The molecule has 6 nitrogen and oxygen atoms in total. The van der Waals surface area contributed by atoms with Gasteiger partial charge in [0.1, 0.15) is 11.5 Å². The van der Waals surface area contributed by atoms with Crippen LogP contribution in [-0.2, 0) is 26.0 Å². The topological polar surface area (TPSA) is 76.1 Å². The van der Waals surface area contributed by atoms with Gasteiger partial charge in [0.2, 0.25) is 0 Å². The summed E-state index contributed by atoms with van der Waals surface area (Å²) >= 11 is 0. The third-order valence-electron chi connectivity index (χ3n) is 4.32. The summed E-state index contributed by atoms with van der Waals surface area (Å²) in [6.07, 6.45) is -0.0904. The van der Waals surface area contributed by atoms with Gasteiger partial charge in [0.15, 0.2) is 6.23 Å². The van der Waals surface area contributed by atoms with Gasteiger partial charge in [-0.25, -0.2) is 0 Å². The van der Waals surface area contributed by atoms with E-state index in [1.165, 1.54) is 0 Å². The Morgan fingerprint density at radius 1 is 1.32 bits per heavy atom. The van der Waals surface area contributed by atoms with Crippen LogP contribution in [0.3, 0.4) is 0 Å². The van der Waals surface area contributed by atoms with Crippen LogP contribution in [0.4, 0.5) is 0 Å². The van der Waals surface area contributed by atoms with Crippen LogP contribution in [0.25, 0.3) is 0 Å². The van der Waals surface area contributed by atoms with E-state index >= 15 is 0 Å². The molecule has 0 saturated carbocycles. The normalized spacial score (nSPS) is 24.8. The fraction of sp³-hybridized carbons (Fsp3) is 0.600. The predicted octanol–water partition coefficient (Wildman–Crippen LogP) is 1.40. The number of nitrogens with zero attached hydrogens (tertiary/aromatic N) is 1. The fourth-order valence-corrected chi connectivity index (χ4v) is 3.83. The molecule has 0 radical (unpaired) electrons. The second kappa shape index (κ2) is 5.49. The molecule has 0 aliphatic carbocycles. The quantitative estimate of drug-likeness (QED) is 0.846. The zero-order valence-corrected chi connectivity index (χ0v) is 13.6. The standard InChI is InChI=1S/C15H21NO5S/c1-15(2)12-9-11(10-22(17,18)19)3-4-13(12)21-14(15)16-5-7-20-8-6-16/h3-4,9,14H,5-8,10H2,1-2H3,(H,17,18,19). The van der Waals surface area contributed by atoms with Crippen molar-refractivity contribution in [2.75, 3.05) is 26.3 Å². The van der Waals surface area contributed by atoms with Gasteiger partial charge in [-0.3, -0.25) is 9.45 Å². The Bertz CT molecular complexity index is 665. The summed E-state index contributed by atoms with van der Waals surface area (Å²) in [6.45, 7) is 7.22. The lowest BCUT2D eigenvalue weighted by Crippen LogP contribution is -2.52. The first-order chi connectivity index (χ1) is 10.3. The predicted molar refractivity (Wildman–Crippen MR) is 81.5 cm³/mol. The maximum absolute atomic E-state index is 11.1. The lowest BCUT2D eigenvalue weighted by atomic mass is 9.83. The van der Waals surface area contributed by atoms with Crippen LogP contribution < -0.4 is 4.74 Å². The van der Waals surface area contributed by atoms with Crippen LogP contribution in [0.1, 0.15) is 25.0 Å². The largest absolute Gasteiger partial charge is 0.474 e. The summed E-state index contributed by atoms with van der Waals surface area (Å²) in [5.74, 6) is 0.402. The highest BCUT2D eigenvalue weighted by atomic mass is 32.2. The van der Waals surface area contributed by atoms with Gasteiger partial charge in [0, 0.05) is 24.1 Å². The number of morpholine rings is 1. The van der Waals surface area contributed by atoms with E-state index in [1.54, 1.807) is 12.1 Å². The summed E-state index contributed by atoms with van der Waals surface area (Å²) < 4.78 is 42.7. The molecule has 2 aliphatic rings. The van der Waals surface area contributed by atoms with Gasteiger partial charge >= 0.3 is 0 Å². The highest BCUT2D eigenvalue weighted by molar-refractivity contribution is 7.85. The molecule has 3 rings (SSSR count). The number of hydrogen-bond acceptors (Lipinski definition) is 5. The third-order valence-corrected chi connectivity index (χ3v) is 5.02. The summed E-state index contributed by atoms with van der Waals surface area (Å²) in [7, 11) is -4.03. The molecule has 22 heavy (non-hydrogen) atoms. The van der Waals surface area contributed by atoms with E-state index in [4.69, 9.17) is 14.0 Å². The zero-order chi connectivity index (χ0) is 16.0. The van der Waals surface area contributed by atoms with E-state index in [0.29, 0.717) is 18.8 Å². The van der Waals surface area contributed by atoms with E-state index < -0.39 is 10.1 Å². The monoisotopic (exact) mass is 327 g/mol. The van der Waals surface area contributed by atoms with Gasteiger partial charge < -0.3 is 9.47 Å². The minimum atomic E-state index is -4.03. The molecule has 7 heteroatoms. The number of ether oxygens (including phenoxy) is 2. The van der Waals surface area contributed by atoms with Crippen molar-refractivity contribution in [3.05, 3.63) is 29.3 Å². The maximum atomic E-state index is 11.1. The molecular weight excluding hydrogens is 306 g/mol. The van der Waals surface area contributed by atoms with Gasteiger partial charge in [-0.1, -0.05) is 26.0 Å². The van der Waals surface area contributed by atoms with Crippen molar-refractivity contribution in [1.82, 2.24) is 4.90 Å². The zero-order valence-electron chi connectivity index (χ0n) is 12.8. The molecule has 1 saturated heterocycles. The van der Waals surface area contributed by atoms with Gasteiger partial charge in [-0.15, -0.1) is 0 Å². The minimum Gasteiger partial charge on any atom is -0.474 e. The number of rotatable bonds is 3. The van der Waals surface area contributed by atoms with Crippen molar-refractivity contribution >= 4 is 10.1 Å². The Morgan fingerprint density at radius 3 is 2.64 bits per heavy atom. The summed E-state index contributed by atoms with van der Waals surface area (Å²) in [6, 6.07) is 5.30. The highest BCUT2D eigenvalue weighted by Crippen LogP contribution is 2.44.